The number of phenols is 1. The lowest BCUT2D eigenvalue weighted by Crippen LogP contribution is -2.29. The molecule has 0 radical (unpaired) electrons. The van der Waals surface area contributed by atoms with Crippen molar-refractivity contribution in [2.75, 3.05) is 13.7 Å². The van der Waals surface area contributed by atoms with Gasteiger partial charge in [0, 0.05) is 24.1 Å². The van der Waals surface area contributed by atoms with Gasteiger partial charge in [0.05, 0.1) is 17.6 Å². The highest BCUT2D eigenvalue weighted by Crippen LogP contribution is 2.41. The third kappa shape index (κ3) is 6.35. The molecule has 2 N–H and O–H groups in total. The number of methoxy groups -OCH3 is 1. The van der Waals surface area contributed by atoms with Crippen LogP contribution in [0.3, 0.4) is 0 Å². The van der Waals surface area contributed by atoms with Crippen molar-refractivity contribution in [3.63, 3.8) is 0 Å². The van der Waals surface area contributed by atoms with Crippen molar-refractivity contribution in [2.45, 2.75) is 31.9 Å². The van der Waals surface area contributed by atoms with Crippen molar-refractivity contribution in [3.05, 3.63) is 52.2 Å². The largest absolute Gasteiger partial charge is 0.504 e. The number of rotatable bonds is 9. The van der Waals surface area contributed by atoms with Crippen LogP contribution in [-0.4, -0.2) is 45.0 Å². The van der Waals surface area contributed by atoms with E-state index in [2.05, 4.69) is 0 Å². The van der Waals surface area contributed by atoms with Crippen LogP contribution in [0.5, 0.6) is 11.5 Å². The lowest BCUT2D eigenvalue weighted by atomic mass is 9.98. The Kier molecular flexibility index (Phi) is 8.62. The molecular weight excluding hydrogens is 522 g/mol. The van der Waals surface area contributed by atoms with Gasteiger partial charge in [0.2, 0.25) is 0 Å². The van der Waals surface area contributed by atoms with Crippen LogP contribution in [0.1, 0.15) is 36.8 Å². The van der Waals surface area contributed by atoms with Gasteiger partial charge in [0.1, 0.15) is 10.1 Å². The molecule has 0 aromatic heterocycles. The summed E-state index contributed by atoms with van der Waals surface area (Å²) in [4.78, 5) is 25.0. The number of carbonyl (C=O) groups is 2. The number of aliphatic carboxylic acids is 1. The summed E-state index contributed by atoms with van der Waals surface area (Å²) >= 11 is 6.25. The van der Waals surface area contributed by atoms with Crippen molar-refractivity contribution in [1.82, 2.24) is 4.90 Å². The topological polar surface area (TPSA) is 87.1 Å². The van der Waals surface area contributed by atoms with E-state index in [1.54, 1.807) is 0 Å². The number of ether oxygens (including phenoxy) is 1. The number of halogens is 4. The van der Waals surface area contributed by atoms with E-state index in [-0.39, 0.29) is 50.4 Å². The van der Waals surface area contributed by atoms with Crippen LogP contribution < -0.4 is 4.74 Å². The molecule has 1 saturated heterocycles. The summed E-state index contributed by atoms with van der Waals surface area (Å²) in [6.45, 7) is 0.284. The molecule has 2 aromatic rings. The fourth-order valence-electron chi connectivity index (χ4n) is 3.53. The summed E-state index contributed by atoms with van der Waals surface area (Å²) in [5, 5.41) is 19.3. The predicted molar refractivity (Wildman–Crippen MR) is 131 cm³/mol. The third-order valence-electron chi connectivity index (χ3n) is 5.36. The number of phenolic OH excluding ortho intramolecular Hbond substituents is 1. The highest BCUT2D eigenvalue weighted by Gasteiger charge is 2.33. The number of aromatic hydroxyl groups is 1. The van der Waals surface area contributed by atoms with Gasteiger partial charge in [-0.25, -0.2) is 4.39 Å². The van der Waals surface area contributed by atoms with Gasteiger partial charge in [-0.05, 0) is 54.8 Å². The van der Waals surface area contributed by atoms with Crippen LogP contribution in [0.4, 0.5) is 17.6 Å². The van der Waals surface area contributed by atoms with Gasteiger partial charge in [-0.2, -0.15) is 13.2 Å². The van der Waals surface area contributed by atoms with E-state index < -0.39 is 29.4 Å². The number of hydrogen-bond acceptors (Lipinski definition) is 6. The van der Waals surface area contributed by atoms with Gasteiger partial charge in [-0.3, -0.25) is 14.5 Å². The minimum atomic E-state index is -4.69. The van der Waals surface area contributed by atoms with E-state index in [0.717, 1.165) is 11.8 Å². The van der Waals surface area contributed by atoms with Crippen LogP contribution in [0.15, 0.2) is 35.2 Å². The Morgan fingerprint density at radius 1 is 1.19 bits per heavy atom. The van der Waals surface area contributed by atoms with E-state index in [1.165, 1.54) is 30.2 Å². The van der Waals surface area contributed by atoms with Crippen molar-refractivity contribution >= 4 is 46.3 Å². The zero-order chi connectivity index (χ0) is 26.6. The van der Waals surface area contributed by atoms with Gasteiger partial charge in [-0.1, -0.05) is 30.4 Å². The zero-order valence-corrected chi connectivity index (χ0v) is 20.5. The van der Waals surface area contributed by atoms with Crippen LogP contribution in [0.25, 0.3) is 17.2 Å². The van der Waals surface area contributed by atoms with E-state index in [4.69, 9.17) is 22.1 Å². The molecule has 0 bridgehead atoms. The molecular formula is C24H21F4NO5S2. The van der Waals surface area contributed by atoms with Gasteiger partial charge < -0.3 is 14.9 Å². The van der Waals surface area contributed by atoms with E-state index in [1.807, 2.05) is 0 Å². The number of nitrogens with zero attached hydrogens (tertiary/aromatic N) is 1. The Labute approximate surface area is 213 Å². The molecule has 192 valence electrons. The monoisotopic (exact) mass is 543 g/mol. The number of carbonyl (C=O) groups excluding carboxylic acids is 1. The normalized spacial score (nSPS) is 15.1. The number of thiocarbonyl (C=S) groups is 1. The molecule has 36 heavy (non-hydrogen) atoms. The lowest BCUT2D eigenvalue weighted by Gasteiger charge is -2.14. The Morgan fingerprint density at radius 3 is 2.56 bits per heavy atom. The average molecular weight is 544 g/mol. The minimum absolute atomic E-state index is 0.00779. The molecule has 1 aliphatic heterocycles. The minimum Gasteiger partial charge on any atom is -0.504 e. The van der Waals surface area contributed by atoms with Crippen LogP contribution in [0, 0.1) is 5.82 Å². The van der Waals surface area contributed by atoms with Crippen LogP contribution in [-0.2, 0) is 15.8 Å². The molecule has 0 atom stereocenters. The highest BCUT2D eigenvalue weighted by molar-refractivity contribution is 8.26. The van der Waals surface area contributed by atoms with E-state index >= 15 is 0 Å². The Morgan fingerprint density at radius 2 is 1.92 bits per heavy atom. The average Bonchev–Trinajstić information content (AvgIpc) is 3.06. The maximum atomic E-state index is 14.5. The molecule has 0 saturated carbocycles. The molecule has 0 unspecified atom stereocenters. The predicted octanol–water partition coefficient (Wildman–Crippen LogP) is 6.07. The lowest BCUT2D eigenvalue weighted by molar-refractivity contribution is -0.138. The number of carboxylic acid groups (broad SMARTS) is 1. The summed E-state index contributed by atoms with van der Waals surface area (Å²) in [6, 6.07) is 4.46. The molecule has 0 aliphatic carbocycles. The first-order chi connectivity index (χ1) is 16.9. The number of hydrogen-bond donors (Lipinski definition) is 2. The number of thioether (sulfide) groups is 1. The fraction of sp³-hybridized carbons (Fsp3) is 0.292. The number of carboxylic acids is 1. The maximum Gasteiger partial charge on any atom is 0.416 e. The standard InChI is InChI=1S/C24H21F4NO5S2/c1-34-18-10-13(16-12-15(24(26,27)28)6-7-17(16)25)9-14(21(18)32)11-19-22(33)29(23(35)36-19)8-4-2-3-5-20(30)31/h6-7,9-12,32H,2-5,8H2,1H3,(H,30,31). The maximum absolute atomic E-state index is 14.5. The number of unbranched alkanes of at least 4 members (excludes halogenated alkanes) is 2. The number of benzene rings is 2. The smallest absolute Gasteiger partial charge is 0.416 e. The number of alkyl halides is 3. The molecule has 1 aliphatic rings. The summed E-state index contributed by atoms with van der Waals surface area (Å²) in [5.41, 5.74) is -1.36. The summed E-state index contributed by atoms with van der Waals surface area (Å²) < 4.78 is 59.4. The first-order valence-electron chi connectivity index (χ1n) is 10.7. The van der Waals surface area contributed by atoms with Gasteiger partial charge in [0.25, 0.3) is 5.91 Å². The van der Waals surface area contributed by atoms with E-state index in [9.17, 15) is 32.3 Å². The zero-order valence-electron chi connectivity index (χ0n) is 18.9. The molecule has 1 heterocycles. The van der Waals surface area contributed by atoms with E-state index in [0.29, 0.717) is 37.5 Å². The third-order valence-corrected chi connectivity index (χ3v) is 6.74. The van der Waals surface area contributed by atoms with Crippen molar-refractivity contribution in [1.29, 1.82) is 0 Å². The Bertz CT molecular complexity index is 1230. The molecule has 1 amide bonds. The molecule has 3 rings (SSSR count). The van der Waals surface area contributed by atoms with Crippen molar-refractivity contribution in [2.24, 2.45) is 0 Å². The van der Waals surface area contributed by atoms with Crippen LogP contribution in [0.2, 0.25) is 0 Å². The molecule has 1 fully saturated rings. The molecule has 12 heteroatoms. The summed E-state index contributed by atoms with van der Waals surface area (Å²) in [6.07, 6.45) is -1.75. The second-order valence-electron chi connectivity index (χ2n) is 7.85. The Balaban J connectivity index is 1.91. The van der Waals surface area contributed by atoms with Gasteiger partial charge in [-0.15, -0.1) is 0 Å². The Hall–Kier alpha value is -3.12. The molecule has 2 aromatic carbocycles. The first-order valence-corrected chi connectivity index (χ1v) is 11.9. The highest BCUT2D eigenvalue weighted by atomic mass is 32.2. The molecule has 6 nitrogen and oxygen atoms in total. The second-order valence-corrected chi connectivity index (χ2v) is 9.52. The first kappa shape index (κ1) is 27.5. The summed E-state index contributed by atoms with van der Waals surface area (Å²) in [7, 11) is 1.23. The number of amides is 1. The van der Waals surface area contributed by atoms with Gasteiger partial charge in [0.15, 0.2) is 11.5 Å². The fourth-order valence-corrected chi connectivity index (χ4v) is 4.83. The van der Waals surface area contributed by atoms with Crippen LogP contribution >= 0.6 is 24.0 Å². The molecule has 0 spiro atoms. The van der Waals surface area contributed by atoms with Gasteiger partial charge >= 0.3 is 12.1 Å². The SMILES string of the molecule is COc1cc(-c2cc(C(F)(F)F)ccc2F)cc(C=C2SC(=S)N(CCCCCC(=O)O)C2=O)c1O. The second kappa shape index (κ2) is 11.3. The van der Waals surface area contributed by atoms with Crippen molar-refractivity contribution in [3.8, 4) is 22.6 Å². The van der Waals surface area contributed by atoms with Crippen molar-refractivity contribution < 1.29 is 42.1 Å². The quantitative estimate of drug-likeness (QED) is 0.172. The summed E-state index contributed by atoms with van der Waals surface area (Å²) in [5.74, 6) is -2.74.